The molecule has 0 aromatic rings. The van der Waals surface area contributed by atoms with Gasteiger partial charge in [0.1, 0.15) is 4.32 Å². The van der Waals surface area contributed by atoms with Crippen LogP contribution in [0.1, 0.15) is 19.3 Å². The number of hydrogen-bond donors (Lipinski definition) is 1. The number of hydrogen-bond acceptors (Lipinski definition) is 5. The molecule has 1 heterocycles. The highest BCUT2D eigenvalue weighted by molar-refractivity contribution is 8.23. The minimum atomic E-state index is -3.86. The van der Waals surface area contributed by atoms with Gasteiger partial charge in [0.2, 0.25) is 5.91 Å². The monoisotopic (exact) mass is 283 g/mol. The molecule has 0 aromatic carbocycles. The van der Waals surface area contributed by atoms with Gasteiger partial charge in [-0.2, -0.15) is 8.42 Å². The maximum Gasteiger partial charge on any atom is 0.264 e. The highest BCUT2D eigenvalue weighted by Crippen LogP contribution is 2.19. The number of rotatable bonds is 6. The number of thiocarbonyl (C=S) groups is 1. The van der Waals surface area contributed by atoms with Crippen LogP contribution in [0.4, 0.5) is 0 Å². The standard InChI is InChI=1S/C8H13NO4S3/c10-7-6-15-8(14)9(7)4-2-1-3-5-16(11,12)13/h1-6H2,(H,11,12,13). The van der Waals surface area contributed by atoms with Crippen molar-refractivity contribution in [3.8, 4) is 0 Å². The van der Waals surface area contributed by atoms with Crippen LogP contribution >= 0.6 is 24.0 Å². The van der Waals surface area contributed by atoms with Gasteiger partial charge >= 0.3 is 0 Å². The number of carbonyl (C=O) groups is 1. The first-order valence-electron chi connectivity index (χ1n) is 4.82. The van der Waals surface area contributed by atoms with E-state index < -0.39 is 10.1 Å². The molecule has 1 amide bonds. The molecule has 1 rings (SSSR count). The summed E-state index contributed by atoms with van der Waals surface area (Å²) in [5.41, 5.74) is 0. The lowest BCUT2D eigenvalue weighted by atomic mass is 10.2. The average molecular weight is 283 g/mol. The molecule has 1 N–H and O–H groups in total. The normalized spacial score (nSPS) is 17.2. The molecule has 1 saturated heterocycles. The second-order valence-corrected chi connectivity index (χ2v) is 6.63. The molecule has 1 aliphatic heterocycles. The lowest BCUT2D eigenvalue weighted by Crippen LogP contribution is -2.29. The van der Waals surface area contributed by atoms with Crippen molar-refractivity contribution in [3.05, 3.63) is 0 Å². The third kappa shape index (κ3) is 4.77. The molecule has 1 aliphatic rings. The molecule has 0 radical (unpaired) electrons. The Balaban J connectivity index is 2.16. The van der Waals surface area contributed by atoms with Crippen LogP contribution in [0, 0.1) is 0 Å². The summed E-state index contributed by atoms with van der Waals surface area (Å²) < 4.78 is 29.9. The largest absolute Gasteiger partial charge is 0.297 e. The van der Waals surface area contributed by atoms with Gasteiger partial charge in [-0.05, 0) is 12.8 Å². The van der Waals surface area contributed by atoms with Gasteiger partial charge in [-0.3, -0.25) is 14.2 Å². The fraction of sp³-hybridized carbons (Fsp3) is 0.750. The van der Waals surface area contributed by atoms with Crippen molar-refractivity contribution in [1.29, 1.82) is 0 Å². The summed E-state index contributed by atoms with van der Waals surface area (Å²) in [7, 11) is -3.86. The van der Waals surface area contributed by atoms with Gasteiger partial charge in [-0.15, -0.1) is 0 Å². The summed E-state index contributed by atoms with van der Waals surface area (Å²) in [6.45, 7) is 0.538. The number of nitrogens with zero attached hydrogens (tertiary/aromatic N) is 1. The smallest absolute Gasteiger partial charge is 0.264 e. The number of thioether (sulfide) groups is 1. The van der Waals surface area contributed by atoms with Crippen LogP contribution in [0.2, 0.25) is 0 Å². The first-order chi connectivity index (χ1) is 7.40. The van der Waals surface area contributed by atoms with Gasteiger partial charge in [0, 0.05) is 6.54 Å². The third-order valence-corrected chi connectivity index (χ3v) is 4.36. The van der Waals surface area contributed by atoms with E-state index >= 15 is 0 Å². The number of carbonyl (C=O) groups excluding carboxylic acids is 1. The average Bonchev–Trinajstić information content (AvgIpc) is 2.46. The summed E-state index contributed by atoms with van der Waals surface area (Å²) in [6.07, 6.45) is 1.75. The lowest BCUT2D eigenvalue weighted by Gasteiger charge is -2.13. The molecule has 0 aliphatic carbocycles. The van der Waals surface area contributed by atoms with Gasteiger partial charge in [0.15, 0.2) is 0 Å². The van der Waals surface area contributed by atoms with Crippen molar-refractivity contribution in [2.75, 3.05) is 18.1 Å². The molecular weight excluding hydrogens is 270 g/mol. The van der Waals surface area contributed by atoms with Crippen LogP contribution in [-0.4, -0.2) is 46.1 Å². The van der Waals surface area contributed by atoms with Crippen molar-refractivity contribution in [1.82, 2.24) is 4.90 Å². The van der Waals surface area contributed by atoms with E-state index in [1.807, 2.05) is 0 Å². The van der Waals surface area contributed by atoms with E-state index in [4.69, 9.17) is 16.8 Å². The van der Waals surface area contributed by atoms with E-state index in [1.54, 1.807) is 4.90 Å². The first kappa shape index (κ1) is 13.9. The molecule has 1 fully saturated rings. The zero-order chi connectivity index (χ0) is 12.2. The summed E-state index contributed by atoms with van der Waals surface area (Å²) >= 11 is 6.34. The lowest BCUT2D eigenvalue weighted by molar-refractivity contribution is -0.124. The van der Waals surface area contributed by atoms with Gasteiger partial charge in [0.25, 0.3) is 10.1 Å². The third-order valence-electron chi connectivity index (χ3n) is 2.12. The van der Waals surface area contributed by atoms with Gasteiger partial charge in [-0.25, -0.2) is 0 Å². The van der Waals surface area contributed by atoms with Crippen LogP contribution in [0.5, 0.6) is 0 Å². The minimum absolute atomic E-state index is 0.0183. The topological polar surface area (TPSA) is 74.7 Å². The number of amides is 1. The van der Waals surface area contributed by atoms with Crippen LogP contribution < -0.4 is 0 Å². The summed E-state index contributed by atoms with van der Waals surface area (Å²) in [5.74, 6) is 0.203. The molecule has 8 heteroatoms. The maximum atomic E-state index is 11.3. The Morgan fingerprint density at radius 1 is 1.38 bits per heavy atom. The van der Waals surface area contributed by atoms with Crippen molar-refractivity contribution in [2.45, 2.75) is 19.3 Å². The molecule has 0 bridgehead atoms. The van der Waals surface area contributed by atoms with Gasteiger partial charge < -0.3 is 0 Å². The van der Waals surface area contributed by atoms with Gasteiger partial charge in [0.05, 0.1) is 11.5 Å². The Morgan fingerprint density at radius 3 is 2.56 bits per heavy atom. The minimum Gasteiger partial charge on any atom is -0.297 e. The van der Waals surface area contributed by atoms with Crippen molar-refractivity contribution < 1.29 is 17.8 Å². The highest BCUT2D eigenvalue weighted by atomic mass is 32.2. The van der Waals surface area contributed by atoms with Crippen molar-refractivity contribution in [2.24, 2.45) is 0 Å². The van der Waals surface area contributed by atoms with Crippen molar-refractivity contribution >= 4 is 44.3 Å². The van der Waals surface area contributed by atoms with E-state index in [0.29, 0.717) is 35.9 Å². The van der Waals surface area contributed by atoms with Crippen LogP contribution in [0.15, 0.2) is 0 Å². The van der Waals surface area contributed by atoms with E-state index in [9.17, 15) is 13.2 Å². The first-order valence-corrected chi connectivity index (χ1v) is 7.83. The maximum absolute atomic E-state index is 11.3. The molecule has 0 aromatic heterocycles. The molecule has 0 spiro atoms. The predicted octanol–water partition coefficient (Wildman–Crippen LogP) is 0.905. The zero-order valence-corrected chi connectivity index (χ0v) is 11.0. The Morgan fingerprint density at radius 2 is 2.06 bits per heavy atom. The molecule has 5 nitrogen and oxygen atoms in total. The van der Waals surface area contributed by atoms with Gasteiger partial charge in [-0.1, -0.05) is 30.4 Å². The fourth-order valence-electron chi connectivity index (χ4n) is 1.33. The quantitative estimate of drug-likeness (QED) is 0.443. The van der Waals surface area contributed by atoms with Crippen LogP contribution in [0.25, 0.3) is 0 Å². The Bertz CT molecular complexity index is 363. The zero-order valence-electron chi connectivity index (χ0n) is 8.59. The van der Waals surface area contributed by atoms with E-state index in [2.05, 4.69) is 0 Å². The second-order valence-electron chi connectivity index (χ2n) is 3.45. The molecule has 0 unspecified atom stereocenters. The van der Waals surface area contributed by atoms with Crippen LogP contribution in [0.3, 0.4) is 0 Å². The summed E-state index contributed by atoms with van der Waals surface area (Å²) in [5, 5.41) is 0. The number of unbranched alkanes of at least 4 members (excludes halogenated alkanes) is 2. The Hall–Kier alpha value is -0.180. The second kappa shape index (κ2) is 5.95. The SMILES string of the molecule is O=C1CSC(=S)N1CCCCCS(=O)(=O)O. The summed E-state index contributed by atoms with van der Waals surface area (Å²) in [4.78, 5) is 12.8. The summed E-state index contributed by atoms with van der Waals surface area (Å²) in [6, 6.07) is 0. The molecular formula is C8H13NO4S3. The molecule has 0 atom stereocenters. The molecule has 92 valence electrons. The Labute approximate surface area is 104 Å². The molecule has 0 saturated carbocycles. The van der Waals surface area contributed by atoms with E-state index in [0.717, 1.165) is 0 Å². The van der Waals surface area contributed by atoms with E-state index in [1.165, 1.54) is 11.8 Å². The van der Waals surface area contributed by atoms with Crippen molar-refractivity contribution in [3.63, 3.8) is 0 Å². The van der Waals surface area contributed by atoms with E-state index in [-0.39, 0.29) is 11.7 Å². The molecule has 16 heavy (non-hydrogen) atoms. The fourth-order valence-corrected chi connectivity index (χ4v) is 3.02. The Kier molecular flexibility index (Phi) is 5.16. The highest BCUT2D eigenvalue weighted by Gasteiger charge is 2.25. The van der Waals surface area contributed by atoms with Crippen LogP contribution in [-0.2, 0) is 14.9 Å². The predicted molar refractivity (Wildman–Crippen MR) is 67.0 cm³/mol.